The maximum absolute atomic E-state index is 4.03. The monoisotopic (exact) mass is 254 g/mol. The van der Waals surface area contributed by atoms with E-state index in [0.29, 0.717) is 0 Å². The number of hydrogen-bond acceptors (Lipinski definition) is 2. The lowest BCUT2D eigenvalue weighted by Gasteiger charge is -2.25. The molecule has 0 aliphatic rings. The third-order valence-electron chi connectivity index (χ3n) is 3.46. The number of hydrogen-bond donors (Lipinski definition) is 1. The molecule has 2 rings (SSSR count). The van der Waals surface area contributed by atoms with Gasteiger partial charge in [-0.25, -0.2) is 0 Å². The third kappa shape index (κ3) is 4.18. The second kappa shape index (κ2) is 6.48. The Bertz CT molecular complexity index is 477. The maximum atomic E-state index is 4.03. The van der Waals surface area contributed by atoms with Gasteiger partial charge in [0.1, 0.15) is 0 Å². The first-order valence-corrected chi connectivity index (χ1v) is 6.84. The zero-order valence-electron chi connectivity index (χ0n) is 11.8. The number of nitrogens with one attached hydrogen (secondary N) is 1. The molecule has 0 radical (unpaired) electrons. The lowest BCUT2D eigenvalue weighted by Crippen LogP contribution is -2.34. The number of rotatable bonds is 6. The molecule has 1 aromatic carbocycles. The van der Waals surface area contributed by atoms with E-state index in [2.05, 4.69) is 66.6 Å². The average molecular weight is 254 g/mol. The van der Waals surface area contributed by atoms with Gasteiger partial charge in [-0.3, -0.25) is 4.98 Å². The van der Waals surface area contributed by atoms with E-state index in [1.165, 1.54) is 11.1 Å². The summed E-state index contributed by atoms with van der Waals surface area (Å²) in [5, 5.41) is 3.55. The minimum absolute atomic E-state index is 0.166. The van der Waals surface area contributed by atoms with Gasteiger partial charge in [-0.1, -0.05) is 44.2 Å². The Morgan fingerprint density at radius 2 is 1.68 bits per heavy atom. The standard InChI is InChI=1S/C17H22N2/c1-17(2,16-6-4-3-5-7-16)14-19-13-10-15-8-11-18-12-9-15/h3-9,11-12,19H,10,13-14H2,1-2H3. The number of benzene rings is 1. The van der Waals surface area contributed by atoms with E-state index < -0.39 is 0 Å². The summed E-state index contributed by atoms with van der Waals surface area (Å²) in [7, 11) is 0. The van der Waals surface area contributed by atoms with Gasteiger partial charge in [0, 0.05) is 24.4 Å². The molecule has 1 heterocycles. The fourth-order valence-electron chi connectivity index (χ4n) is 2.17. The van der Waals surface area contributed by atoms with Crippen LogP contribution in [-0.2, 0) is 11.8 Å². The third-order valence-corrected chi connectivity index (χ3v) is 3.46. The zero-order valence-corrected chi connectivity index (χ0v) is 11.8. The van der Waals surface area contributed by atoms with Gasteiger partial charge in [0.2, 0.25) is 0 Å². The molecule has 0 fully saturated rings. The molecule has 0 saturated heterocycles. The summed E-state index contributed by atoms with van der Waals surface area (Å²) < 4.78 is 0. The number of nitrogens with zero attached hydrogens (tertiary/aromatic N) is 1. The van der Waals surface area contributed by atoms with Crippen molar-refractivity contribution in [1.29, 1.82) is 0 Å². The highest BCUT2D eigenvalue weighted by molar-refractivity contribution is 5.23. The van der Waals surface area contributed by atoms with E-state index in [-0.39, 0.29) is 5.41 Å². The van der Waals surface area contributed by atoms with Crippen molar-refractivity contribution < 1.29 is 0 Å². The first-order valence-electron chi connectivity index (χ1n) is 6.84. The van der Waals surface area contributed by atoms with Crippen LogP contribution in [0.25, 0.3) is 0 Å². The van der Waals surface area contributed by atoms with Crippen LogP contribution in [0.2, 0.25) is 0 Å². The van der Waals surface area contributed by atoms with Crippen LogP contribution >= 0.6 is 0 Å². The molecule has 1 N–H and O–H groups in total. The molecule has 2 aromatic rings. The summed E-state index contributed by atoms with van der Waals surface area (Å²) in [6, 6.07) is 14.8. The van der Waals surface area contributed by atoms with Crippen LogP contribution in [0.1, 0.15) is 25.0 Å². The molecule has 0 aliphatic carbocycles. The molecule has 0 bridgehead atoms. The van der Waals surface area contributed by atoms with Crippen molar-refractivity contribution in [2.24, 2.45) is 0 Å². The minimum Gasteiger partial charge on any atom is -0.316 e. The summed E-state index contributed by atoms with van der Waals surface area (Å²) in [5.41, 5.74) is 2.88. The van der Waals surface area contributed by atoms with E-state index in [0.717, 1.165) is 19.5 Å². The van der Waals surface area contributed by atoms with E-state index in [1.807, 2.05) is 12.4 Å². The fraction of sp³-hybridized carbons (Fsp3) is 0.353. The summed E-state index contributed by atoms with van der Waals surface area (Å²) in [6.07, 6.45) is 4.75. The van der Waals surface area contributed by atoms with Gasteiger partial charge in [-0.05, 0) is 36.2 Å². The maximum Gasteiger partial charge on any atom is 0.0270 e. The van der Waals surface area contributed by atoms with Crippen molar-refractivity contribution >= 4 is 0 Å². The first-order chi connectivity index (χ1) is 9.18. The largest absolute Gasteiger partial charge is 0.316 e. The summed E-state index contributed by atoms with van der Waals surface area (Å²) >= 11 is 0. The normalized spacial score (nSPS) is 11.5. The Balaban J connectivity index is 1.79. The molecule has 0 unspecified atom stereocenters. The topological polar surface area (TPSA) is 24.9 Å². The van der Waals surface area contributed by atoms with Crippen molar-refractivity contribution in [3.63, 3.8) is 0 Å². The molecular formula is C17H22N2. The van der Waals surface area contributed by atoms with Crippen molar-refractivity contribution in [2.75, 3.05) is 13.1 Å². The Hall–Kier alpha value is -1.67. The molecule has 0 saturated carbocycles. The second-order valence-corrected chi connectivity index (χ2v) is 5.53. The Kier molecular flexibility index (Phi) is 4.69. The Morgan fingerprint density at radius 1 is 1.00 bits per heavy atom. The SMILES string of the molecule is CC(C)(CNCCc1ccncc1)c1ccccc1. The van der Waals surface area contributed by atoms with E-state index in [9.17, 15) is 0 Å². The molecule has 19 heavy (non-hydrogen) atoms. The molecule has 2 nitrogen and oxygen atoms in total. The highest BCUT2D eigenvalue weighted by Gasteiger charge is 2.19. The summed E-state index contributed by atoms with van der Waals surface area (Å²) in [6.45, 7) is 6.55. The van der Waals surface area contributed by atoms with Crippen molar-refractivity contribution in [1.82, 2.24) is 10.3 Å². The van der Waals surface area contributed by atoms with Gasteiger partial charge < -0.3 is 5.32 Å². The molecule has 1 aromatic heterocycles. The van der Waals surface area contributed by atoms with Crippen molar-refractivity contribution in [2.45, 2.75) is 25.7 Å². The van der Waals surface area contributed by atoms with Crippen LogP contribution in [0.15, 0.2) is 54.9 Å². The highest BCUT2D eigenvalue weighted by Crippen LogP contribution is 2.21. The van der Waals surface area contributed by atoms with Crippen LogP contribution in [0, 0.1) is 0 Å². The van der Waals surface area contributed by atoms with E-state index in [4.69, 9.17) is 0 Å². The zero-order chi connectivity index (χ0) is 13.6. The number of pyridine rings is 1. The smallest absolute Gasteiger partial charge is 0.0270 e. The molecule has 0 atom stereocenters. The van der Waals surface area contributed by atoms with Crippen LogP contribution in [-0.4, -0.2) is 18.1 Å². The lowest BCUT2D eigenvalue weighted by atomic mass is 9.84. The fourth-order valence-corrected chi connectivity index (χ4v) is 2.17. The van der Waals surface area contributed by atoms with Crippen molar-refractivity contribution in [3.8, 4) is 0 Å². The lowest BCUT2D eigenvalue weighted by molar-refractivity contribution is 0.471. The minimum atomic E-state index is 0.166. The summed E-state index contributed by atoms with van der Waals surface area (Å²) in [5.74, 6) is 0. The van der Waals surface area contributed by atoms with Gasteiger partial charge in [0.25, 0.3) is 0 Å². The van der Waals surface area contributed by atoms with Gasteiger partial charge in [0.15, 0.2) is 0 Å². The number of aromatic nitrogens is 1. The molecule has 0 amide bonds. The predicted molar refractivity (Wildman–Crippen MR) is 80.3 cm³/mol. The highest BCUT2D eigenvalue weighted by atomic mass is 14.9. The van der Waals surface area contributed by atoms with E-state index >= 15 is 0 Å². The molecule has 2 heteroatoms. The summed E-state index contributed by atoms with van der Waals surface area (Å²) in [4.78, 5) is 4.03. The van der Waals surface area contributed by atoms with Crippen molar-refractivity contribution in [3.05, 3.63) is 66.0 Å². The van der Waals surface area contributed by atoms with Gasteiger partial charge in [0.05, 0.1) is 0 Å². The molecule has 0 aliphatic heterocycles. The predicted octanol–water partition coefficient (Wildman–Crippen LogP) is 3.19. The van der Waals surface area contributed by atoms with Gasteiger partial charge in [-0.2, -0.15) is 0 Å². The molecule has 100 valence electrons. The second-order valence-electron chi connectivity index (χ2n) is 5.53. The van der Waals surface area contributed by atoms with Crippen LogP contribution in [0.5, 0.6) is 0 Å². The van der Waals surface area contributed by atoms with Crippen LogP contribution < -0.4 is 5.32 Å². The Labute approximate surface area is 115 Å². The van der Waals surface area contributed by atoms with Gasteiger partial charge in [-0.15, -0.1) is 0 Å². The molecular weight excluding hydrogens is 232 g/mol. The first kappa shape index (κ1) is 13.8. The Morgan fingerprint density at radius 3 is 2.37 bits per heavy atom. The van der Waals surface area contributed by atoms with E-state index in [1.54, 1.807) is 0 Å². The quantitative estimate of drug-likeness (QED) is 0.801. The van der Waals surface area contributed by atoms with Gasteiger partial charge >= 0.3 is 0 Å². The molecule has 0 spiro atoms. The van der Waals surface area contributed by atoms with Crippen LogP contribution in [0.3, 0.4) is 0 Å². The average Bonchev–Trinajstić information content (AvgIpc) is 2.46. The van der Waals surface area contributed by atoms with Crippen LogP contribution in [0.4, 0.5) is 0 Å².